The van der Waals surface area contributed by atoms with E-state index >= 15 is 0 Å². The first-order chi connectivity index (χ1) is 14.0. The largest absolute Gasteiger partial charge is 0.508 e. The predicted molar refractivity (Wildman–Crippen MR) is 109 cm³/mol. The normalized spacial score (nSPS) is 17.9. The summed E-state index contributed by atoms with van der Waals surface area (Å²) in [4.78, 5) is 26.6. The molecule has 6 nitrogen and oxygen atoms in total. The average Bonchev–Trinajstić information content (AvgIpc) is 2.98. The lowest BCUT2D eigenvalue weighted by Gasteiger charge is -2.24. The maximum Gasteiger partial charge on any atom is 0.295 e. The third kappa shape index (κ3) is 3.91. The standard InChI is InChI=1S/C23H21NO5/c1-3-13-24-20(15-5-9-17(25)10-6-15)19(22(27)23(24)28)21(26)16-7-11-18(12-8-16)29-14-4-2/h3-12,20,25-26H,1-2,13-14H2/t20-/m1/s1. The van der Waals surface area contributed by atoms with E-state index in [0.717, 1.165) is 0 Å². The molecule has 29 heavy (non-hydrogen) atoms. The van der Waals surface area contributed by atoms with E-state index in [2.05, 4.69) is 13.2 Å². The number of hydrogen-bond donors (Lipinski definition) is 2. The van der Waals surface area contributed by atoms with E-state index in [1.165, 1.54) is 23.1 Å². The third-order valence-electron chi connectivity index (χ3n) is 4.57. The van der Waals surface area contributed by atoms with Crippen molar-refractivity contribution in [2.75, 3.05) is 13.2 Å². The molecule has 0 saturated carbocycles. The number of carbonyl (C=O) groups is 2. The number of carbonyl (C=O) groups excluding carboxylic acids is 2. The monoisotopic (exact) mass is 391 g/mol. The minimum Gasteiger partial charge on any atom is -0.508 e. The van der Waals surface area contributed by atoms with Crippen LogP contribution in [0.25, 0.3) is 5.76 Å². The summed E-state index contributed by atoms with van der Waals surface area (Å²) in [6.45, 7) is 7.71. The van der Waals surface area contributed by atoms with Crippen molar-refractivity contribution in [3.8, 4) is 11.5 Å². The molecule has 0 spiro atoms. The van der Waals surface area contributed by atoms with Gasteiger partial charge in [0.25, 0.3) is 11.7 Å². The second-order valence-electron chi connectivity index (χ2n) is 6.46. The molecule has 0 radical (unpaired) electrons. The number of benzene rings is 2. The second-order valence-corrected chi connectivity index (χ2v) is 6.46. The molecule has 2 aromatic carbocycles. The van der Waals surface area contributed by atoms with Crippen LogP contribution in [0.1, 0.15) is 17.2 Å². The highest BCUT2D eigenvalue weighted by Gasteiger charge is 2.45. The summed E-state index contributed by atoms with van der Waals surface area (Å²) in [5.74, 6) is -1.11. The molecule has 2 N–H and O–H groups in total. The molecule has 3 rings (SSSR count). The lowest BCUT2D eigenvalue weighted by Crippen LogP contribution is -2.29. The molecule has 0 aliphatic carbocycles. The van der Waals surface area contributed by atoms with E-state index in [4.69, 9.17) is 4.74 Å². The second kappa shape index (κ2) is 8.48. The van der Waals surface area contributed by atoms with Gasteiger partial charge in [-0.2, -0.15) is 0 Å². The van der Waals surface area contributed by atoms with Gasteiger partial charge in [-0.3, -0.25) is 9.59 Å². The zero-order valence-corrected chi connectivity index (χ0v) is 15.7. The van der Waals surface area contributed by atoms with Gasteiger partial charge in [-0.15, -0.1) is 6.58 Å². The van der Waals surface area contributed by atoms with E-state index in [1.54, 1.807) is 42.5 Å². The van der Waals surface area contributed by atoms with E-state index in [1.807, 2.05) is 0 Å². The van der Waals surface area contributed by atoms with E-state index < -0.39 is 17.7 Å². The number of aliphatic hydroxyl groups is 1. The Bertz CT molecular complexity index is 973. The van der Waals surface area contributed by atoms with Crippen molar-refractivity contribution < 1.29 is 24.5 Å². The van der Waals surface area contributed by atoms with Crippen LogP contribution in [-0.4, -0.2) is 40.0 Å². The van der Waals surface area contributed by atoms with Crippen molar-refractivity contribution in [3.63, 3.8) is 0 Å². The Morgan fingerprint density at radius 2 is 1.69 bits per heavy atom. The van der Waals surface area contributed by atoms with Gasteiger partial charge in [-0.05, 0) is 42.0 Å². The van der Waals surface area contributed by atoms with Crippen LogP contribution in [0.3, 0.4) is 0 Å². The first kappa shape index (κ1) is 19.9. The van der Waals surface area contributed by atoms with Crippen LogP contribution in [0.5, 0.6) is 11.5 Å². The molecule has 0 unspecified atom stereocenters. The van der Waals surface area contributed by atoms with Gasteiger partial charge in [0, 0.05) is 12.1 Å². The van der Waals surface area contributed by atoms with Gasteiger partial charge in [-0.25, -0.2) is 0 Å². The number of ketones is 1. The van der Waals surface area contributed by atoms with E-state index in [9.17, 15) is 19.8 Å². The third-order valence-corrected chi connectivity index (χ3v) is 4.57. The highest BCUT2D eigenvalue weighted by Crippen LogP contribution is 2.39. The smallest absolute Gasteiger partial charge is 0.295 e. The summed E-state index contributed by atoms with van der Waals surface area (Å²) < 4.78 is 5.42. The fourth-order valence-electron chi connectivity index (χ4n) is 3.23. The lowest BCUT2D eigenvalue weighted by molar-refractivity contribution is -0.139. The molecule has 148 valence electrons. The Kier molecular flexibility index (Phi) is 5.83. The molecule has 0 aromatic heterocycles. The number of rotatable bonds is 7. The molecule has 1 aliphatic heterocycles. The molecule has 1 amide bonds. The Labute approximate surface area is 168 Å². The zero-order valence-electron chi connectivity index (χ0n) is 15.7. The number of phenols is 1. The number of phenolic OH excluding ortho intramolecular Hbond substituents is 1. The molecule has 2 aromatic rings. The van der Waals surface area contributed by atoms with E-state index in [0.29, 0.717) is 23.5 Å². The Morgan fingerprint density at radius 3 is 2.28 bits per heavy atom. The molecule has 1 saturated heterocycles. The topological polar surface area (TPSA) is 87.1 Å². The minimum atomic E-state index is -0.787. The summed E-state index contributed by atoms with van der Waals surface area (Å²) in [5, 5.41) is 20.5. The van der Waals surface area contributed by atoms with Crippen LogP contribution >= 0.6 is 0 Å². The van der Waals surface area contributed by atoms with Crippen molar-refractivity contribution in [2.24, 2.45) is 0 Å². The fourth-order valence-corrected chi connectivity index (χ4v) is 3.23. The summed E-state index contributed by atoms with van der Waals surface area (Å²) in [5.41, 5.74) is 0.968. The van der Waals surface area contributed by atoms with Gasteiger partial charge in [0.1, 0.15) is 23.9 Å². The van der Waals surface area contributed by atoms with Gasteiger partial charge >= 0.3 is 0 Å². The van der Waals surface area contributed by atoms with Crippen LogP contribution in [0, 0.1) is 0 Å². The van der Waals surface area contributed by atoms with Crippen molar-refractivity contribution >= 4 is 17.4 Å². The number of aromatic hydroxyl groups is 1. The van der Waals surface area contributed by atoms with Gasteiger partial charge in [0.2, 0.25) is 0 Å². The van der Waals surface area contributed by atoms with Crippen LogP contribution < -0.4 is 4.74 Å². The van der Waals surface area contributed by atoms with Crippen molar-refractivity contribution in [2.45, 2.75) is 6.04 Å². The highest BCUT2D eigenvalue weighted by atomic mass is 16.5. The fraction of sp³-hybridized carbons (Fsp3) is 0.130. The molecule has 1 aliphatic rings. The molecular weight excluding hydrogens is 370 g/mol. The first-order valence-electron chi connectivity index (χ1n) is 9.00. The SMILES string of the molecule is C=CCOc1ccc(C(O)=C2C(=O)C(=O)N(CC=C)[C@@H]2c2ccc(O)cc2)cc1. The molecule has 6 heteroatoms. The molecule has 0 bridgehead atoms. The van der Waals surface area contributed by atoms with E-state index in [-0.39, 0.29) is 23.6 Å². The van der Waals surface area contributed by atoms with Crippen molar-refractivity contribution in [3.05, 3.63) is 90.5 Å². The van der Waals surface area contributed by atoms with Crippen LogP contribution in [0.2, 0.25) is 0 Å². The first-order valence-corrected chi connectivity index (χ1v) is 9.00. The van der Waals surface area contributed by atoms with Crippen LogP contribution in [-0.2, 0) is 9.59 Å². The number of amides is 1. The number of ether oxygens (including phenoxy) is 1. The lowest BCUT2D eigenvalue weighted by atomic mass is 9.95. The van der Waals surface area contributed by atoms with Gasteiger partial charge in [-0.1, -0.05) is 30.9 Å². The van der Waals surface area contributed by atoms with Gasteiger partial charge < -0.3 is 19.8 Å². The number of hydrogen-bond acceptors (Lipinski definition) is 5. The summed E-state index contributed by atoms with van der Waals surface area (Å²) in [6.07, 6.45) is 3.14. The summed E-state index contributed by atoms with van der Waals surface area (Å²) >= 11 is 0. The summed E-state index contributed by atoms with van der Waals surface area (Å²) in [6, 6.07) is 11.9. The molecular formula is C23H21NO5. The quantitative estimate of drug-likeness (QED) is 0.326. The Morgan fingerprint density at radius 1 is 1.03 bits per heavy atom. The minimum absolute atomic E-state index is 0.0118. The van der Waals surface area contributed by atoms with Crippen molar-refractivity contribution in [1.82, 2.24) is 4.90 Å². The maximum absolute atomic E-state index is 12.7. The predicted octanol–water partition coefficient (Wildman–Crippen LogP) is 3.56. The number of nitrogens with zero attached hydrogens (tertiary/aromatic N) is 1. The summed E-state index contributed by atoms with van der Waals surface area (Å²) in [7, 11) is 0. The Balaban J connectivity index is 2.08. The van der Waals surface area contributed by atoms with Crippen molar-refractivity contribution in [1.29, 1.82) is 0 Å². The van der Waals surface area contributed by atoms with Gasteiger partial charge in [0.05, 0.1) is 11.6 Å². The average molecular weight is 391 g/mol. The van der Waals surface area contributed by atoms with Crippen LogP contribution in [0.4, 0.5) is 0 Å². The van der Waals surface area contributed by atoms with Crippen LogP contribution in [0.15, 0.2) is 79.4 Å². The number of aliphatic hydroxyl groups excluding tert-OH is 1. The Hall–Kier alpha value is -3.80. The molecule has 1 heterocycles. The highest BCUT2D eigenvalue weighted by molar-refractivity contribution is 6.46. The van der Waals surface area contributed by atoms with Gasteiger partial charge in [0.15, 0.2) is 0 Å². The zero-order chi connectivity index (χ0) is 21.0. The molecule has 1 atom stereocenters. The maximum atomic E-state index is 12.7. The number of Topliss-reactive ketones (excluding diaryl/α,β-unsaturated/α-hetero) is 1. The molecule has 1 fully saturated rings. The number of likely N-dealkylation sites (tertiary alicyclic amines) is 1.